The number of hydrogen-bond acceptors (Lipinski definition) is 1. The monoisotopic (exact) mass is 296 g/mol. The Morgan fingerprint density at radius 3 is 1.81 bits per heavy atom. The zero-order chi connectivity index (χ0) is 16.8. The van der Waals surface area contributed by atoms with Crippen molar-refractivity contribution in [3.05, 3.63) is 22.8 Å². The molecule has 1 atom stereocenters. The molecule has 0 fully saturated rings. The molecule has 0 aliphatic heterocycles. The fourth-order valence-electron chi connectivity index (χ4n) is 2.48. The van der Waals surface area contributed by atoms with E-state index in [4.69, 9.17) is 0 Å². The Morgan fingerprint density at radius 2 is 1.48 bits per heavy atom. The van der Waals surface area contributed by atoms with Crippen LogP contribution in [0.5, 0.6) is 0 Å². The van der Waals surface area contributed by atoms with Gasteiger partial charge in [0.1, 0.15) is 0 Å². The van der Waals surface area contributed by atoms with E-state index < -0.39 is 0 Å². The van der Waals surface area contributed by atoms with Crippen molar-refractivity contribution in [2.24, 2.45) is 5.92 Å². The topological polar surface area (TPSA) is 20.2 Å². The van der Waals surface area contributed by atoms with E-state index in [-0.39, 0.29) is 6.10 Å². The van der Waals surface area contributed by atoms with Gasteiger partial charge in [0.25, 0.3) is 0 Å². The van der Waals surface area contributed by atoms with E-state index in [1.54, 1.807) is 0 Å². The quantitative estimate of drug-likeness (QED) is 0.556. The largest absolute Gasteiger partial charge is 0.393 e. The second-order valence-corrected chi connectivity index (χ2v) is 5.72. The summed E-state index contributed by atoms with van der Waals surface area (Å²) in [5.41, 5.74) is 4.39. The molecule has 0 radical (unpaired) electrons. The molecule has 0 bridgehead atoms. The number of aliphatic hydroxyl groups is 1. The molecule has 0 saturated carbocycles. The number of allylic oxidation sites excluding steroid dienone is 4. The van der Waals surface area contributed by atoms with Gasteiger partial charge in [-0.05, 0) is 55.7 Å². The second-order valence-electron chi connectivity index (χ2n) is 5.72. The molecule has 1 N–H and O–H groups in total. The van der Waals surface area contributed by atoms with Gasteiger partial charge in [-0.25, -0.2) is 0 Å². The van der Waals surface area contributed by atoms with E-state index in [1.165, 1.54) is 23.1 Å². The maximum atomic E-state index is 10.00. The summed E-state index contributed by atoms with van der Waals surface area (Å²) in [4.78, 5) is 0. The van der Waals surface area contributed by atoms with Crippen LogP contribution < -0.4 is 0 Å². The van der Waals surface area contributed by atoms with Crippen molar-refractivity contribution in [3.63, 3.8) is 0 Å². The molecule has 1 unspecified atom stereocenters. The predicted octanol–water partition coefficient (Wildman–Crippen LogP) is 6.67. The van der Waals surface area contributed by atoms with Crippen LogP contribution in [0, 0.1) is 5.92 Å². The molecule has 1 aliphatic carbocycles. The number of hydrogen-bond donors (Lipinski definition) is 1. The molecule has 126 valence electrons. The van der Waals surface area contributed by atoms with Crippen LogP contribution in [-0.4, -0.2) is 11.2 Å². The lowest BCUT2D eigenvalue weighted by molar-refractivity contribution is 0.0923. The van der Waals surface area contributed by atoms with Gasteiger partial charge in [0.05, 0.1) is 6.10 Å². The summed E-state index contributed by atoms with van der Waals surface area (Å²) in [7, 11) is 0. The van der Waals surface area contributed by atoms with Gasteiger partial charge < -0.3 is 5.11 Å². The van der Waals surface area contributed by atoms with Crippen LogP contribution >= 0.6 is 0 Å². The van der Waals surface area contributed by atoms with Gasteiger partial charge in [-0.15, -0.1) is 0 Å². The maximum Gasteiger partial charge on any atom is 0.0568 e. The van der Waals surface area contributed by atoms with Gasteiger partial charge in [-0.2, -0.15) is 0 Å². The average molecular weight is 297 g/mol. The summed E-state index contributed by atoms with van der Waals surface area (Å²) in [5, 5.41) is 10.00. The summed E-state index contributed by atoms with van der Waals surface area (Å²) in [6.45, 7) is 16.9. The summed E-state index contributed by atoms with van der Waals surface area (Å²) in [6, 6.07) is 0. The zero-order valence-corrected chi connectivity index (χ0v) is 15.9. The van der Waals surface area contributed by atoms with E-state index in [0.717, 1.165) is 32.1 Å². The Kier molecular flexibility index (Phi) is 15.6. The number of rotatable bonds is 7. The van der Waals surface area contributed by atoms with Crippen molar-refractivity contribution < 1.29 is 5.11 Å². The van der Waals surface area contributed by atoms with E-state index in [0.29, 0.717) is 5.92 Å². The summed E-state index contributed by atoms with van der Waals surface area (Å²) >= 11 is 0. The van der Waals surface area contributed by atoms with Crippen LogP contribution in [0.4, 0.5) is 0 Å². The molecule has 1 rings (SSSR count). The molecule has 1 aliphatic rings. The lowest BCUT2D eigenvalue weighted by atomic mass is 9.86. The number of aliphatic hydroxyl groups excluding tert-OH is 1. The third kappa shape index (κ3) is 9.14. The lowest BCUT2D eigenvalue weighted by Gasteiger charge is -2.22. The molecule has 1 nitrogen and oxygen atoms in total. The minimum atomic E-state index is -0.0962. The molecule has 0 aromatic heterocycles. The maximum absolute atomic E-state index is 10.00. The Balaban J connectivity index is 0. The Hall–Kier alpha value is -0.560. The molecule has 0 amide bonds. The third-order valence-electron chi connectivity index (χ3n) is 4.00. The first kappa shape index (κ1) is 22.7. The fourth-order valence-corrected chi connectivity index (χ4v) is 2.48. The predicted molar refractivity (Wildman–Crippen MR) is 97.7 cm³/mol. The highest BCUT2D eigenvalue weighted by Crippen LogP contribution is 2.30. The molecular weight excluding hydrogens is 256 g/mol. The van der Waals surface area contributed by atoms with Crippen molar-refractivity contribution in [1.82, 2.24) is 0 Å². The van der Waals surface area contributed by atoms with Crippen molar-refractivity contribution in [2.45, 2.75) is 100 Å². The van der Waals surface area contributed by atoms with E-state index in [9.17, 15) is 5.11 Å². The van der Waals surface area contributed by atoms with Crippen LogP contribution in [0.2, 0.25) is 0 Å². The van der Waals surface area contributed by atoms with Crippen LogP contribution in [0.25, 0.3) is 0 Å². The first-order chi connectivity index (χ1) is 10.0. The molecule has 0 heterocycles. The zero-order valence-electron chi connectivity index (χ0n) is 15.9. The summed E-state index contributed by atoms with van der Waals surface area (Å²) in [6.07, 6.45) is 8.83. The van der Waals surface area contributed by atoms with Crippen LogP contribution in [-0.2, 0) is 0 Å². The molecule has 0 aromatic rings. The fraction of sp³-hybridized carbons (Fsp3) is 0.800. The van der Waals surface area contributed by atoms with Crippen LogP contribution in [0.3, 0.4) is 0 Å². The lowest BCUT2D eigenvalue weighted by Crippen LogP contribution is -2.19. The minimum absolute atomic E-state index is 0.0962. The van der Waals surface area contributed by atoms with Gasteiger partial charge in [0.2, 0.25) is 0 Å². The van der Waals surface area contributed by atoms with E-state index in [1.807, 2.05) is 13.8 Å². The van der Waals surface area contributed by atoms with Gasteiger partial charge in [-0.1, -0.05) is 66.9 Å². The van der Waals surface area contributed by atoms with Crippen LogP contribution in [0.1, 0.15) is 93.9 Å². The summed E-state index contributed by atoms with van der Waals surface area (Å²) < 4.78 is 0. The molecule has 0 saturated heterocycles. The standard InChI is InChI=1S/C15H26O.C3H8.C2H6/c1-5-13(6-2)15(16)9-7-8-14-10-11(3)12(14)4;1-3-2;1-2/h10,13,15-16H,5-9H2,1-4H3;3H2,1-2H3;1-2H3. The molecule has 1 heteroatoms. The van der Waals surface area contributed by atoms with Gasteiger partial charge in [0.15, 0.2) is 0 Å². The average Bonchev–Trinajstić information content (AvgIpc) is 2.50. The van der Waals surface area contributed by atoms with Crippen molar-refractivity contribution in [2.75, 3.05) is 0 Å². The highest BCUT2D eigenvalue weighted by molar-refractivity contribution is 5.50. The normalized spacial score (nSPS) is 14.5. The van der Waals surface area contributed by atoms with Crippen molar-refractivity contribution >= 4 is 0 Å². The molecule has 0 spiro atoms. The van der Waals surface area contributed by atoms with E-state index in [2.05, 4.69) is 47.6 Å². The molecule has 21 heavy (non-hydrogen) atoms. The first-order valence-electron chi connectivity index (χ1n) is 9.08. The van der Waals surface area contributed by atoms with Crippen molar-refractivity contribution in [3.8, 4) is 0 Å². The first-order valence-corrected chi connectivity index (χ1v) is 9.08. The molecule has 0 aromatic carbocycles. The Bertz CT molecular complexity index is 295. The Labute approximate surface area is 134 Å². The highest BCUT2D eigenvalue weighted by Gasteiger charge is 2.16. The van der Waals surface area contributed by atoms with E-state index >= 15 is 0 Å². The smallest absolute Gasteiger partial charge is 0.0568 e. The Morgan fingerprint density at radius 1 is 1.00 bits per heavy atom. The second kappa shape index (κ2) is 14.4. The third-order valence-corrected chi connectivity index (χ3v) is 4.00. The van der Waals surface area contributed by atoms with Gasteiger partial charge in [-0.3, -0.25) is 0 Å². The highest BCUT2D eigenvalue weighted by atomic mass is 16.3. The minimum Gasteiger partial charge on any atom is -0.393 e. The molecular formula is C20H40O. The van der Waals surface area contributed by atoms with Gasteiger partial charge in [0, 0.05) is 0 Å². The van der Waals surface area contributed by atoms with Crippen molar-refractivity contribution in [1.29, 1.82) is 0 Å². The summed E-state index contributed by atoms with van der Waals surface area (Å²) in [5.74, 6) is 0.494. The van der Waals surface area contributed by atoms with Gasteiger partial charge >= 0.3 is 0 Å². The van der Waals surface area contributed by atoms with Crippen LogP contribution in [0.15, 0.2) is 22.8 Å². The SMILES string of the molecule is CC.CCC.CCC(CC)C(O)CCCC1=C(C)C(C)=C1.